The quantitative estimate of drug-likeness (QED) is 0.469. The van der Waals surface area contributed by atoms with Gasteiger partial charge in [-0.1, -0.05) is 6.07 Å². The molecule has 0 aliphatic carbocycles. The van der Waals surface area contributed by atoms with Crippen LogP contribution >= 0.6 is 11.3 Å². The van der Waals surface area contributed by atoms with Gasteiger partial charge in [0.05, 0.1) is 7.11 Å². The number of hydrogen-bond donors (Lipinski definition) is 2. The lowest BCUT2D eigenvalue weighted by molar-refractivity contribution is 0.0607. The predicted octanol–water partition coefficient (Wildman–Crippen LogP) is -0.786. The number of esters is 1. The molecule has 0 atom stereocenters. The molecule has 6 heteroatoms. The topological polar surface area (TPSA) is 66.8 Å². The number of ether oxygens (including phenoxy) is 1. The third-order valence-corrected chi connectivity index (χ3v) is 2.25. The van der Waals surface area contributed by atoms with E-state index in [0.717, 1.165) is 11.3 Å². The number of rotatable bonds is 2. The van der Waals surface area contributed by atoms with Gasteiger partial charge in [-0.05, 0) is 5.38 Å². The van der Waals surface area contributed by atoms with Crippen LogP contribution in [0.25, 0.3) is 0 Å². The first-order valence-electron chi connectivity index (χ1n) is 3.18. The summed E-state index contributed by atoms with van der Waals surface area (Å²) in [5.74, 6) is -0.548. The lowest BCUT2D eigenvalue weighted by atomic mass is 9.81. The number of methoxy groups -OCH3 is 1. The average molecular weight is 186 g/mol. The van der Waals surface area contributed by atoms with Crippen molar-refractivity contribution in [1.82, 2.24) is 0 Å². The van der Waals surface area contributed by atoms with E-state index in [9.17, 15) is 4.79 Å². The van der Waals surface area contributed by atoms with Crippen LogP contribution in [0, 0.1) is 0 Å². The summed E-state index contributed by atoms with van der Waals surface area (Å²) in [5, 5.41) is 19.2. The maximum Gasteiger partial charge on any atom is 0.490 e. The van der Waals surface area contributed by atoms with E-state index in [1.54, 1.807) is 5.38 Å². The minimum Gasteiger partial charge on any atom is -0.465 e. The molecule has 0 aliphatic rings. The molecule has 1 aromatic rings. The van der Waals surface area contributed by atoms with Crippen LogP contribution in [0.5, 0.6) is 0 Å². The summed E-state index contributed by atoms with van der Waals surface area (Å²) in [6.07, 6.45) is 0. The zero-order chi connectivity index (χ0) is 9.14. The SMILES string of the molecule is COC(=O)c1sccc1B(O)O. The van der Waals surface area contributed by atoms with Crippen LogP contribution in [0.2, 0.25) is 0 Å². The van der Waals surface area contributed by atoms with Gasteiger partial charge in [0.1, 0.15) is 4.88 Å². The molecule has 12 heavy (non-hydrogen) atoms. The Hall–Kier alpha value is -0.845. The van der Waals surface area contributed by atoms with E-state index in [1.807, 2.05) is 0 Å². The van der Waals surface area contributed by atoms with Crippen LogP contribution in [0.15, 0.2) is 11.4 Å². The Labute approximate surface area is 73.6 Å². The van der Waals surface area contributed by atoms with Crippen molar-refractivity contribution in [2.75, 3.05) is 7.11 Å². The van der Waals surface area contributed by atoms with Gasteiger partial charge in [-0.15, -0.1) is 11.3 Å². The Morgan fingerprint density at radius 1 is 1.67 bits per heavy atom. The van der Waals surface area contributed by atoms with E-state index in [4.69, 9.17) is 10.0 Å². The van der Waals surface area contributed by atoms with Gasteiger partial charge in [-0.25, -0.2) is 4.79 Å². The molecule has 1 rings (SSSR count). The maximum atomic E-state index is 11.0. The number of thiophene rings is 1. The van der Waals surface area contributed by atoms with E-state index < -0.39 is 13.1 Å². The second-order valence-electron chi connectivity index (χ2n) is 2.07. The Morgan fingerprint density at radius 3 is 2.83 bits per heavy atom. The van der Waals surface area contributed by atoms with Crippen molar-refractivity contribution < 1.29 is 19.6 Å². The van der Waals surface area contributed by atoms with Crippen LogP contribution in [-0.4, -0.2) is 30.2 Å². The molecule has 0 aromatic carbocycles. The molecule has 0 spiro atoms. The van der Waals surface area contributed by atoms with E-state index in [2.05, 4.69) is 4.74 Å². The molecular weight excluding hydrogens is 179 g/mol. The first kappa shape index (κ1) is 9.24. The van der Waals surface area contributed by atoms with Gasteiger partial charge < -0.3 is 14.8 Å². The van der Waals surface area contributed by atoms with Gasteiger partial charge >= 0.3 is 13.1 Å². The minimum atomic E-state index is -1.62. The Kier molecular flexibility index (Phi) is 2.85. The highest BCUT2D eigenvalue weighted by Gasteiger charge is 2.21. The fourth-order valence-corrected chi connectivity index (χ4v) is 1.62. The molecule has 1 heterocycles. The van der Waals surface area contributed by atoms with Gasteiger partial charge in [0.25, 0.3) is 0 Å². The summed E-state index contributed by atoms with van der Waals surface area (Å²) in [6.45, 7) is 0. The van der Waals surface area contributed by atoms with E-state index in [0.29, 0.717) is 0 Å². The van der Waals surface area contributed by atoms with Crippen LogP contribution < -0.4 is 5.46 Å². The standard InChI is InChI=1S/C6H7BO4S/c1-11-6(8)5-4(7(9)10)2-3-12-5/h2-3,9-10H,1H3. The molecule has 0 unspecified atom stereocenters. The third kappa shape index (κ3) is 1.66. The molecule has 0 radical (unpaired) electrons. The molecule has 0 fully saturated rings. The fourth-order valence-electron chi connectivity index (χ4n) is 0.781. The van der Waals surface area contributed by atoms with Crippen molar-refractivity contribution in [3.63, 3.8) is 0 Å². The van der Waals surface area contributed by atoms with E-state index in [1.165, 1.54) is 13.2 Å². The Balaban J connectivity index is 2.99. The molecule has 1 aromatic heterocycles. The van der Waals surface area contributed by atoms with Crippen molar-refractivity contribution in [1.29, 1.82) is 0 Å². The van der Waals surface area contributed by atoms with Gasteiger partial charge in [0.2, 0.25) is 0 Å². The van der Waals surface area contributed by atoms with Crippen molar-refractivity contribution in [2.24, 2.45) is 0 Å². The molecule has 64 valence electrons. The van der Waals surface area contributed by atoms with Gasteiger partial charge in [-0.3, -0.25) is 0 Å². The smallest absolute Gasteiger partial charge is 0.465 e. The molecule has 0 saturated heterocycles. The first-order valence-corrected chi connectivity index (χ1v) is 4.06. The maximum absolute atomic E-state index is 11.0. The lowest BCUT2D eigenvalue weighted by Crippen LogP contribution is -2.32. The van der Waals surface area contributed by atoms with E-state index in [-0.39, 0.29) is 10.3 Å². The highest BCUT2D eigenvalue weighted by Crippen LogP contribution is 2.07. The summed E-state index contributed by atoms with van der Waals surface area (Å²) < 4.78 is 4.43. The molecular formula is C6H7BO4S. The largest absolute Gasteiger partial charge is 0.490 e. The normalized spacial score (nSPS) is 9.58. The van der Waals surface area contributed by atoms with Crippen LogP contribution in [0.4, 0.5) is 0 Å². The van der Waals surface area contributed by atoms with Gasteiger partial charge in [0, 0.05) is 5.46 Å². The summed E-state index contributed by atoms with van der Waals surface area (Å²) >= 11 is 1.12. The third-order valence-electron chi connectivity index (χ3n) is 1.34. The molecule has 4 nitrogen and oxygen atoms in total. The highest BCUT2D eigenvalue weighted by molar-refractivity contribution is 7.13. The monoisotopic (exact) mass is 186 g/mol. The summed E-state index contributed by atoms with van der Waals surface area (Å²) in [7, 11) is -0.374. The number of carbonyl (C=O) groups is 1. The number of carbonyl (C=O) groups excluding carboxylic acids is 1. The minimum absolute atomic E-state index is 0.187. The zero-order valence-corrected chi connectivity index (χ0v) is 7.17. The lowest BCUT2D eigenvalue weighted by Gasteiger charge is -1.99. The average Bonchev–Trinajstić information content (AvgIpc) is 2.50. The van der Waals surface area contributed by atoms with Crippen LogP contribution in [0.3, 0.4) is 0 Å². The molecule has 0 saturated carbocycles. The van der Waals surface area contributed by atoms with Gasteiger partial charge in [0.15, 0.2) is 0 Å². The second kappa shape index (κ2) is 3.71. The Bertz CT molecular complexity index is 283. The molecule has 0 aliphatic heterocycles. The van der Waals surface area contributed by atoms with E-state index >= 15 is 0 Å². The van der Waals surface area contributed by atoms with Crippen molar-refractivity contribution >= 4 is 29.9 Å². The number of hydrogen-bond acceptors (Lipinski definition) is 5. The molecule has 0 amide bonds. The predicted molar refractivity (Wildman–Crippen MR) is 45.5 cm³/mol. The van der Waals surface area contributed by atoms with Crippen LogP contribution in [0.1, 0.15) is 9.67 Å². The fraction of sp³-hybridized carbons (Fsp3) is 0.167. The Morgan fingerprint density at radius 2 is 2.33 bits per heavy atom. The van der Waals surface area contributed by atoms with Crippen molar-refractivity contribution in [2.45, 2.75) is 0 Å². The molecule has 2 N–H and O–H groups in total. The van der Waals surface area contributed by atoms with Gasteiger partial charge in [-0.2, -0.15) is 0 Å². The summed E-state index contributed by atoms with van der Waals surface area (Å²) in [5.41, 5.74) is 0.187. The summed E-state index contributed by atoms with van der Waals surface area (Å²) in [4.78, 5) is 11.2. The van der Waals surface area contributed by atoms with Crippen LogP contribution in [-0.2, 0) is 4.74 Å². The zero-order valence-electron chi connectivity index (χ0n) is 6.35. The van der Waals surface area contributed by atoms with Crippen molar-refractivity contribution in [3.05, 3.63) is 16.3 Å². The first-order chi connectivity index (χ1) is 5.66. The summed E-state index contributed by atoms with van der Waals surface area (Å²) in [6, 6.07) is 1.47. The molecule has 0 bridgehead atoms. The van der Waals surface area contributed by atoms with Crippen molar-refractivity contribution in [3.8, 4) is 0 Å². The highest BCUT2D eigenvalue weighted by atomic mass is 32.1. The second-order valence-corrected chi connectivity index (χ2v) is 2.99.